The number of rotatable bonds is 9. The molecule has 4 aromatic rings. The van der Waals surface area contributed by atoms with E-state index >= 15 is 0 Å². The van der Waals surface area contributed by atoms with Crippen molar-refractivity contribution >= 4 is 57.3 Å². The number of ether oxygens (including phenoxy) is 2. The van der Waals surface area contributed by atoms with E-state index in [1.165, 1.54) is 28.0 Å². The third-order valence-electron chi connectivity index (χ3n) is 7.07. The Bertz CT molecular complexity index is 1770. The number of aromatic nitrogens is 2. The average molecular weight is 632 g/mol. The normalized spacial score (nSPS) is 18.9. The molecular weight excluding hydrogens is 606 g/mol. The molecule has 2 aliphatic rings. The van der Waals surface area contributed by atoms with Gasteiger partial charge in [-0.1, -0.05) is 77.7 Å². The van der Waals surface area contributed by atoms with Crippen LogP contribution in [0.4, 0.5) is 5.13 Å². The van der Waals surface area contributed by atoms with Gasteiger partial charge in [0.2, 0.25) is 5.13 Å². The van der Waals surface area contributed by atoms with Crippen LogP contribution < -0.4 is 14.4 Å². The van der Waals surface area contributed by atoms with Crippen LogP contribution in [0.1, 0.15) is 35.2 Å². The predicted octanol–water partition coefficient (Wildman–Crippen LogP) is 7.00. The van der Waals surface area contributed by atoms with Crippen molar-refractivity contribution in [1.29, 1.82) is 0 Å². The fourth-order valence-electron chi connectivity index (χ4n) is 5.11. The SMILES string of the molecule is C=CCOc1cccc([C@@H]2/C(=C(\O)c3ccc4c(c3)C[C@H](C)O4)C(=O)C(=O)N2c2nnc(SCc3ccccc3Cl)s2)c1. The second-order valence-electron chi connectivity index (χ2n) is 10.0. The zero-order valence-electron chi connectivity index (χ0n) is 23.0. The van der Waals surface area contributed by atoms with Gasteiger partial charge in [-0.25, -0.2) is 0 Å². The number of halogens is 1. The summed E-state index contributed by atoms with van der Waals surface area (Å²) in [6.45, 7) is 5.94. The van der Waals surface area contributed by atoms with Gasteiger partial charge < -0.3 is 14.6 Å². The van der Waals surface area contributed by atoms with Crippen molar-refractivity contribution in [2.24, 2.45) is 0 Å². The maximum atomic E-state index is 13.6. The van der Waals surface area contributed by atoms with E-state index in [0.717, 1.165) is 16.9 Å². The Morgan fingerprint density at radius 3 is 2.84 bits per heavy atom. The molecule has 11 heteroatoms. The third-order valence-corrected chi connectivity index (χ3v) is 9.54. The van der Waals surface area contributed by atoms with Crippen molar-refractivity contribution in [2.75, 3.05) is 11.5 Å². The van der Waals surface area contributed by atoms with E-state index in [-0.39, 0.29) is 29.2 Å². The molecule has 0 aliphatic carbocycles. The number of nitrogens with zero attached hydrogens (tertiary/aromatic N) is 3. The van der Waals surface area contributed by atoms with Crippen LogP contribution in [0.3, 0.4) is 0 Å². The first-order chi connectivity index (χ1) is 20.8. The Morgan fingerprint density at radius 2 is 2.02 bits per heavy atom. The summed E-state index contributed by atoms with van der Waals surface area (Å²) in [6.07, 6.45) is 2.31. The van der Waals surface area contributed by atoms with Crippen molar-refractivity contribution in [3.8, 4) is 11.5 Å². The number of anilines is 1. The first kappa shape index (κ1) is 29.0. The molecule has 43 heavy (non-hydrogen) atoms. The Labute approximate surface area is 261 Å². The van der Waals surface area contributed by atoms with E-state index < -0.39 is 17.7 Å². The van der Waals surface area contributed by atoms with E-state index in [2.05, 4.69) is 16.8 Å². The number of amides is 1. The van der Waals surface area contributed by atoms with Gasteiger partial charge in [0.25, 0.3) is 5.78 Å². The summed E-state index contributed by atoms with van der Waals surface area (Å²) in [5.74, 6) is -0.0709. The molecule has 1 amide bonds. The van der Waals surface area contributed by atoms with E-state index in [0.29, 0.717) is 38.4 Å². The second-order valence-corrected chi connectivity index (χ2v) is 12.6. The smallest absolute Gasteiger partial charge is 0.301 e. The summed E-state index contributed by atoms with van der Waals surface area (Å²) >= 11 is 8.93. The van der Waals surface area contributed by atoms with Gasteiger partial charge >= 0.3 is 5.91 Å². The topological polar surface area (TPSA) is 102 Å². The van der Waals surface area contributed by atoms with Crippen LogP contribution in [-0.2, 0) is 21.8 Å². The molecule has 0 saturated carbocycles. The molecule has 3 aromatic carbocycles. The Morgan fingerprint density at radius 1 is 1.19 bits per heavy atom. The van der Waals surface area contributed by atoms with Crippen LogP contribution in [-0.4, -0.2) is 39.7 Å². The van der Waals surface area contributed by atoms with Gasteiger partial charge in [0.1, 0.15) is 30.0 Å². The molecule has 1 saturated heterocycles. The molecule has 1 fully saturated rings. The number of fused-ring (bicyclic) bond motifs is 1. The summed E-state index contributed by atoms with van der Waals surface area (Å²) in [6, 6.07) is 18.9. The minimum absolute atomic E-state index is 0.0127. The second kappa shape index (κ2) is 12.2. The molecule has 2 aliphatic heterocycles. The first-order valence-corrected chi connectivity index (χ1v) is 15.7. The van der Waals surface area contributed by atoms with Crippen LogP contribution in [0.15, 0.2) is 89.3 Å². The molecular formula is C32H26ClN3O5S2. The first-order valence-electron chi connectivity index (χ1n) is 13.5. The molecule has 6 rings (SSSR count). The van der Waals surface area contributed by atoms with Gasteiger partial charge in [0, 0.05) is 22.8 Å². The van der Waals surface area contributed by atoms with Crippen molar-refractivity contribution in [3.63, 3.8) is 0 Å². The summed E-state index contributed by atoms with van der Waals surface area (Å²) in [4.78, 5) is 28.6. The number of thioether (sulfide) groups is 1. The van der Waals surface area contributed by atoms with Crippen LogP contribution in [0.25, 0.3) is 5.76 Å². The molecule has 2 atom stereocenters. The third kappa shape index (κ3) is 5.78. The molecule has 0 spiro atoms. The fourth-order valence-corrected chi connectivity index (χ4v) is 7.27. The van der Waals surface area contributed by atoms with Gasteiger partial charge in [-0.15, -0.1) is 10.2 Å². The maximum Gasteiger partial charge on any atom is 0.301 e. The lowest BCUT2D eigenvalue weighted by molar-refractivity contribution is -0.132. The fraction of sp³-hybridized carbons (Fsp3) is 0.188. The highest BCUT2D eigenvalue weighted by Gasteiger charge is 2.48. The number of Topliss-reactive ketones (excluding diaryl/α,β-unsaturated/α-hetero) is 1. The number of hydrogen-bond donors (Lipinski definition) is 1. The highest BCUT2D eigenvalue weighted by atomic mass is 35.5. The summed E-state index contributed by atoms with van der Waals surface area (Å²) in [5, 5.41) is 21.1. The maximum absolute atomic E-state index is 13.6. The molecule has 218 valence electrons. The van der Waals surface area contributed by atoms with E-state index in [1.807, 2.05) is 31.2 Å². The zero-order valence-corrected chi connectivity index (χ0v) is 25.4. The minimum atomic E-state index is -0.968. The summed E-state index contributed by atoms with van der Waals surface area (Å²) in [7, 11) is 0. The van der Waals surface area contributed by atoms with Gasteiger partial charge in [0.15, 0.2) is 4.34 Å². The quantitative estimate of drug-likeness (QED) is 0.0526. The number of carbonyl (C=O) groups is 2. The number of benzene rings is 3. The van der Waals surface area contributed by atoms with Crippen LogP contribution >= 0.6 is 34.7 Å². The standard InChI is InChI=1S/C32H26ClN3O5S2/c1-3-13-40-23-9-6-8-19(16-23)27-26(28(37)20-11-12-25-22(15-20)14-18(2)41-25)29(38)30(39)36(27)31-34-35-32(43-31)42-17-21-7-4-5-10-24(21)33/h3-12,15-16,18,27,37H,1,13-14,17H2,2H3/b28-26+/t18-,27+/m0/s1. The molecule has 1 aromatic heterocycles. The van der Waals surface area contributed by atoms with Gasteiger partial charge in [0.05, 0.1) is 11.6 Å². The Kier molecular flexibility index (Phi) is 8.25. The number of aliphatic hydroxyl groups excluding tert-OH is 1. The number of ketones is 1. The van der Waals surface area contributed by atoms with Gasteiger partial charge in [-0.2, -0.15) is 0 Å². The van der Waals surface area contributed by atoms with Crippen LogP contribution in [0.2, 0.25) is 5.02 Å². The monoisotopic (exact) mass is 631 g/mol. The average Bonchev–Trinajstić information content (AvgIpc) is 3.70. The molecule has 0 bridgehead atoms. The van der Waals surface area contributed by atoms with Gasteiger partial charge in [-0.3, -0.25) is 14.5 Å². The number of carbonyl (C=O) groups excluding carboxylic acids is 2. The van der Waals surface area contributed by atoms with Crippen LogP contribution in [0, 0.1) is 0 Å². The van der Waals surface area contributed by atoms with Crippen molar-refractivity contribution < 1.29 is 24.2 Å². The highest BCUT2D eigenvalue weighted by Crippen LogP contribution is 2.45. The largest absolute Gasteiger partial charge is 0.507 e. The van der Waals surface area contributed by atoms with E-state index in [4.69, 9.17) is 21.1 Å². The lowest BCUT2D eigenvalue weighted by Gasteiger charge is -2.23. The number of aliphatic hydroxyl groups is 1. The van der Waals surface area contributed by atoms with Crippen molar-refractivity contribution in [1.82, 2.24) is 10.2 Å². The van der Waals surface area contributed by atoms with Gasteiger partial charge in [-0.05, 0) is 60.0 Å². The van der Waals surface area contributed by atoms with E-state index in [9.17, 15) is 14.7 Å². The lowest BCUT2D eigenvalue weighted by Crippen LogP contribution is -2.29. The Balaban J connectivity index is 1.40. The molecule has 1 N–H and O–H groups in total. The number of hydrogen-bond acceptors (Lipinski definition) is 9. The summed E-state index contributed by atoms with van der Waals surface area (Å²) in [5.41, 5.74) is 2.81. The zero-order chi connectivity index (χ0) is 30.1. The van der Waals surface area contributed by atoms with Crippen LogP contribution in [0.5, 0.6) is 11.5 Å². The molecule has 3 heterocycles. The molecule has 0 unspecified atom stereocenters. The lowest BCUT2D eigenvalue weighted by atomic mass is 9.94. The van der Waals surface area contributed by atoms with E-state index in [1.54, 1.807) is 48.5 Å². The predicted molar refractivity (Wildman–Crippen MR) is 168 cm³/mol. The highest BCUT2D eigenvalue weighted by molar-refractivity contribution is 8.00. The van der Waals surface area contributed by atoms with Crippen molar-refractivity contribution in [3.05, 3.63) is 112 Å². The Hall–Kier alpha value is -4.12. The minimum Gasteiger partial charge on any atom is -0.507 e. The molecule has 8 nitrogen and oxygen atoms in total. The summed E-state index contributed by atoms with van der Waals surface area (Å²) < 4.78 is 12.1. The van der Waals surface area contributed by atoms with Crippen molar-refractivity contribution in [2.45, 2.75) is 35.6 Å². The molecule has 0 radical (unpaired) electrons.